The Balaban J connectivity index is 2.03. The average molecular weight is 374 g/mol. The van der Waals surface area contributed by atoms with Crippen LogP contribution in [0.4, 0.5) is 8.78 Å². The summed E-state index contributed by atoms with van der Waals surface area (Å²) in [5.41, 5.74) is 1.07. The molecule has 2 amide bonds. The minimum Gasteiger partial charge on any atom is -0.344 e. The monoisotopic (exact) mass is 374 g/mol. The van der Waals surface area contributed by atoms with Gasteiger partial charge in [0.1, 0.15) is 17.7 Å². The minimum atomic E-state index is -0.727. The number of carbonyl (C=O) groups excluding carboxylic acids is 2. The molecule has 0 radical (unpaired) electrons. The van der Waals surface area contributed by atoms with E-state index in [9.17, 15) is 18.4 Å². The highest BCUT2D eigenvalue weighted by Gasteiger charge is 2.27. The zero-order valence-corrected chi connectivity index (χ0v) is 15.7. The molecule has 1 atom stereocenters. The van der Waals surface area contributed by atoms with Gasteiger partial charge in [-0.1, -0.05) is 50.2 Å². The zero-order chi connectivity index (χ0) is 20.0. The summed E-state index contributed by atoms with van der Waals surface area (Å²) in [7, 11) is 1.53. The van der Waals surface area contributed by atoms with Crippen LogP contribution in [-0.4, -0.2) is 29.8 Å². The SMILES string of the molecule is CC(C)C(NC(=O)Cc1ccccc1)C(=O)N(C)Cc1ccc(F)cc1F. The van der Waals surface area contributed by atoms with Crippen molar-refractivity contribution in [3.63, 3.8) is 0 Å². The Labute approximate surface area is 158 Å². The highest BCUT2D eigenvalue weighted by Crippen LogP contribution is 2.14. The number of hydrogen-bond donors (Lipinski definition) is 1. The molecular formula is C21H24F2N2O2. The van der Waals surface area contributed by atoms with E-state index in [2.05, 4.69) is 5.32 Å². The van der Waals surface area contributed by atoms with Crippen LogP contribution in [0.5, 0.6) is 0 Å². The lowest BCUT2D eigenvalue weighted by atomic mass is 10.0. The number of hydrogen-bond acceptors (Lipinski definition) is 2. The molecule has 0 bridgehead atoms. The number of halogens is 2. The third-order valence-electron chi connectivity index (χ3n) is 4.26. The lowest BCUT2D eigenvalue weighted by Crippen LogP contribution is -2.50. The van der Waals surface area contributed by atoms with E-state index in [0.29, 0.717) is 0 Å². The summed E-state index contributed by atoms with van der Waals surface area (Å²) >= 11 is 0. The van der Waals surface area contributed by atoms with E-state index in [-0.39, 0.29) is 36.3 Å². The zero-order valence-electron chi connectivity index (χ0n) is 15.7. The van der Waals surface area contributed by atoms with Gasteiger partial charge in [-0.05, 0) is 17.5 Å². The van der Waals surface area contributed by atoms with Crippen molar-refractivity contribution in [2.75, 3.05) is 7.05 Å². The molecule has 0 aliphatic heterocycles. The Morgan fingerprint density at radius 1 is 1.07 bits per heavy atom. The van der Waals surface area contributed by atoms with Gasteiger partial charge in [-0.2, -0.15) is 0 Å². The summed E-state index contributed by atoms with van der Waals surface area (Å²) in [6.45, 7) is 3.65. The molecule has 4 nitrogen and oxygen atoms in total. The Morgan fingerprint density at radius 3 is 2.33 bits per heavy atom. The standard InChI is InChI=1S/C21H24F2N2O2/c1-14(2)20(24-19(26)11-15-7-5-4-6-8-15)21(27)25(3)13-16-9-10-17(22)12-18(16)23/h4-10,12,14,20H,11,13H2,1-3H3,(H,24,26). The molecule has 0 spiro atoms. The number of nitrogens with zero attached hydrogens (tertiary/aromatic N) is 1. The molecule has 2 aromatic rings. The van der Waals surface area contributed by atoms with E-state index in [4.69, 9.17) is 0 Å². The van der Waals surface area contributed by atoms with Crippen LogP contribution in [0.25, 0.3) is 0 Å². The second-order valence-corrected chi connectivity index (χ2v) is 6.88. The Kier molecular flexibility index (Phi) is 7.05. The summed E-state index contributed by atoms with van der Waals surface area (Å²) < 4.78 is 26.9. The minimum absolute atomic E-state index is 0.0112. The van der Waals surface area contributed by atoms with Crippen molar-refractivity contribution in [2.45, 2.75) is 32.9 Å². The number of benzene rings is 2. The number of amides is 2. The molecule has 0 fully saturated rings. The van der Waals surface area contributed by atoms with Gasteiger partial charge < -0.3 is 10.2 Å². The number of rotatable bonds is 7. The molecule has 2 rings (SSSR count). The van der Waals surface area contributed by atoms with Crippen molar-refractivity contribution in [1.29, 1.82) is 0 Å². The van der Waals surface area contributed by atoms with Gasteiger partial charge >= 0.3 is 0 Å². The molecule has 0 aliphatic carbocycles. The third kappa shape index (κ3) is 5.88. The van der Waals surface area contributed by atoms with Crippen LogP contribution in [0.1, 0.15) is 25.0 Å². The van der Waals surface area contributed by atoms with Gasteiger partial charge in [0.15, 0.2) is 0 Å². The molecule has 0 aliphatic rings. The van der Waals surface area contributed by atoms with Crippen LogP contribution in [0.15, 0.2) is 48.5 Å². The maximum absolute atomic E-state index is 13.8. The summed E-state index contributed by atoms with van der Waals surface area (Å²) in [6, 6.07) is 11.8. The fourth-order valence-electron chi connectivity index (χ4n) is 2.74. The van der Waals surface area contributed by atoms with Crippen molar-refractivity contribution in [1.82, 2.24) is 10.2 Å². The van der Waals surface area contributed by atoms with Gasteiger partial charge in [0.25, 0.3) is 0 Å². The predicted molar refractivity (Wildman–Crippen MR) is 99.7 cm³/mol. The second-order valence-electron chi connectivity index (χ2n) is 6.88. The molecule has 27 heavy (non-hydrogen) atoms. The van der Waals surface area contributed by atoms with E-state index >= 15 is 0 Å². The first-order chi connectivity index (χ1) is 12.8. The van der Waals surface area contributed by atoms with Crippen LogP contribution in [0.2, 0.25) is 0 Å². The molecule has 1 unspecified atom stereocenters. The molecule has 6 heteroatoms. The van der Waals surface area contributed by atoms with Crippen LogP contribution < -0.4 is 5.32 Å². The largest absolute Gasteiger partial charge is 0.344 e. The molecule has 1 N–H and O–H groups in total. The Bertz CT molecular complexity index is 794. The maximum Gasteiger partial charge on any atom is 0.245 e. The normalized spacial score (nSPS) is 11.9. The lowest BCUT2D eigenvalue weighted by molar-refractivity contribution is -0.137. The first-order valence-electron chi connectivity index (χ1n) is 8.80. The summed E-state index contributed by atoms with van der Waals surface area (Å²) in [6.07, 6.45) is 0.174. The first kappa shape index (κ1) is 20.6. The predicted octanol–water partition coefficient (Wildman–Crippen LogP) is 3.31. The number of likely N-dealkylation sites (N-methyl/N-ethyl adjacent to an activating group) is 1. The van der Waals surface area contributed by atoms with Gasteiger partial charge in [0.2, 0.25) is 11.8 Å². The average Bonchev–Trinajstić information content (AvgIpc) is 2.62. The smallest absolute Gasteiger partial charge is 0.245 e. The summed E-state index contributed by atoms with van der Waals surface area (Å²) in [4.78, 5) is 26.4. The highest BCUT2D eigenvalue weighted by molar-refractivity contribution is 5.88. The molecular weight excluding hydrogens is 350 g/mol. The highest BCUT2D eigenvalue weighted by atomic mass is 19.1. The van der Waals surface area contributed by atoms with E-state index in [1.807, 2.05) is 44.2 Å². The quantitative estimate of drug-likeness (QED) is 0.808. The lowest BCUT2D eigenvalue weighted by Gasteiger charge is -2.27. The second kappa shape index (κ2) is 9.26. The molecule has 2 aromatic carbocycles. The van der Waals surface area contributed by atoms with E-state index in [1.54, 1.807) is 0 Å². The van der Waals surface area contributed by atoms with Crippen molar-refractivity contribution >= 4 is 11.8 Å². The van der Waals surface area contributed by atoms with Gasteiger partial charge in [0, 0.05) is 25.2 Å². The van der Waals surface area contributed by atoms with Crippen molar-refractivity contribution in [3.8, 4) is 0 Å². The van der Waals surface area contributed by atoms with Gasteiger partial charge in [-0.25, -0.2) is 8.78 Å². The van der Waals surface area contributed by atoms with Crippen LogP contribution >= 0.6 is 0 Å². The first-order valence-corrected chi connectivity index (χ1v) is 8.80. The molecule has 0 saturated carbocycles. The number of nitrogens with one attached hydrogen (secondary N) is 1. The molecule has 0 aromatic heterocycles. The molecule has 144 valence electrons. The van der Waals surface area contributed by atoms with E-state index in [0.717, 1.165) is 17.7 Å². The third-order valence-corrected chi connectivity index (χ3v) is 4.26. The van der Waals surface area contributed by atoms with Crippen LogP contribution in [-0.2, 0) is 22.6 Å². The maximum atomic E-state index is 13.8. The van der Waals surface area contributed by atoms with Crippen LogP contribution in [0, 0.1) is 17.6 Å². The molecule has 0 heterocycles. The fraction of sp³-hybridized carbons (Fsp3) is 0.333. The van der Waals surface area contributed by atoms with Crippen molar-refractivity contribution in [3.05, 3.63) is 71.3 Å². The summed E-state index contributed by atoms with van der Waals surface area (Å²) in [5, 5.41) is 2.77. The topological polar surface area (TPSA) is 49.4 Å². The fourth-order valence-corrected chi connectivity index (χ4v) is 2.74. The number of carbonyl (C=O) groups is 2. The van der Waals surface area contributed by atoms with E-state index in [1.165, 1.54) is 18.0 Å². The summed E-state index contributed by atoms with van der Waals surface area (Å²) in [5.74, 6) is -2.09. The van der Waals surface area contributed by atoms with Gasteiger partial charge in [0.05, 0.1) is 6.42 Å². The van der Waals surface area contributed by atoms with Gasteiger partial charge in [-0.3, -0.25) is 9.59 Å². The molecule has 0 saturated heterocycles. The Hall–Kier alpha value is -2.76. The van der Waals surface area contributed by atoms with E-state index < -0.39 is 17.7 Å². The van der Waals surface area contributed by atoms with Gasteiger partial charge in [-0.15, -0.1) is 0 Å². The Morgan fingerprint density at radius 2 is 1.74 bits per heavy atom. The van der Waals surface area contributed by atoms with Crippen molar-refractivity contribution < 1.29 is 18.4 Å². The van der Waals surface area contributed by atoms with Crippen molar-refractivity contribution in [2.24, 2.45) is 5.92 Å². The van der Waals surface area contributed by atoms with Crippen LogP contribution in [0.3, 0.4) is 0 Å².